The van der Waals surface area contributed by atoms with Crippen molar-refractivity contribution in [3.63, 3.8) is 0 Å². The van der Waals surface area contributed by atoms with Crippen molar-refractivity contribution in [1.82, 2.24) is 10.6 Å². The molecule has 0 aromatic heterocycles. The third-order valence-electron chi connectivity index (χ3n) is 4.34. The lowest BCUT2D eigenvalue weighted by atomic mass is 9.98. The average molecular weight is 268 g/mol. The fourth-order valence-electron chi connectivity index (χ4n) is 3.06. The van der Waals surface area contributed by atoms with E-state index in [1.54, 1.807) is 0 Å². The molecule has 2 rings (SSSR count). The average Bonchev–Trinajstić information content (AvgIpc) is 2.86. The van der Waals surface area contributed by atoms with Crippen LogP contribution in [0.25, 0.3) is 0 Å². The molecule has 1 saturated heterocycles. The second-order valence-corrected chi connectivity index (χ2v) is 5.97. The van der Waals surface area contributed by atoms with Gasteiger partial charge in [-0.25, -0.2) is 0 Å². The molecule has 2 fully saturated rings. The summed E-state index contributed by atoms with van der Waals surface area (Å²) < 4.78 is 5.84. The number of amides is 1. The first kappa shape index (κ1) is 14.8. The Labute approximate surface area is 116 Å². The summed E-state index contributed by atoms with van der Waals surface area (Å²) in [6.07, 6.45) is 8.92. The van der Waals surface area contributed by atoms with Crippen LogP contribution in [0.5, 0.6) is 0 Å². The molecule has 110 valence electrons. The summed E-state index contributed by atoms with van der Waals surface area (Å²) in [7, 11) is 0. The maximum atomic E-state index is 11.9. The van der Waals surface area contributed by atoms with Gasteiger partial charge in [0.25, 0.3) is 0 Å². The summed E-state index contributed by atoms with van der Waals surface area (Å²) in [6.45, 7) is 4.61. The SMILES string of the molecule is CC1CCNC1C(=O)NCCCOC1CCCCC1. The number of hydrogen-bond donors (Lipinski definition) is 2. The maximum absolute atomic E-state index is 11.9. The lowest BCUT2D eigenvalue weighted by molar-refractivity contribution is -0.123. The van der Waals surface area contributed by atoms with Crippen LogP contribution in [-0.4, -0.2) is 37.7 Å². The second-order valence-electron chi connectivity index (χ2n) is 5.97. The van der Waals surface area contributed by atoms with E-state index >= 15 is 0 Å². The topological polar surface area (TPSA) is 50.4 Å². The van der Waals surface area contributed by atoms with E-state index in [0.29, 0.717) is 12.0 Å². The van der Waals surface area contributed by atoms with Gasteiger partial charge in [-0.3, -0.25) is 4.79 Å². The quantitative estimate of drug-likeness (QED) is 0.723. The van der Waals surface area contributed by atoms with Crippen molar-refractivity contribution in [2.75, 3.05) is 19.7 Å². The van der Waals surface area contributed by atoms with Gasteiger partial charge < -0.3 is 15.4 Å². The molecule has 1 aliphatic carbocycles. The fraction of sp³-hybridized carbons (Fsp3) is 0.933. The number of ether oxygens (including phenoxy) is 1. The van der Waals surface area contributed by atoms with Gasteiger partial charge in [0.15, 0.2) is 0 Å². The highest BCUT2D eigenvalue weighted by Crippen LogP contribution is 2.20. The highest BCUT2D eigenvalue weighted by molar-refractivity contribution is 5.82. The van der Waals surface area contributed by atoms with Crippen LogP contribution in [-0.2, 0) is 9.53 Å². The van der Waals surface area contributed by atoms with E-state index in [4.69, 9.17) is 4.74 Å². The predicted molar refractivity (Wildman–Crippen MR) is 76.0 cm³/mol. The summed E-state index contributed by atoms with van der Waals surface area (Å²) >= 11 is 0. The summed E-state index contributed by atoms with van der Waals surface area (Å²) in [5.74, 6) is 0.612. The molecule has 0 spiro atoms. The van der Waals surface area contributed by atoms with Gasteiger partial charge in [-0.1, -0.05) is 26.2 Å². The molecule has 2 N–H and O–H groups in total. The lowest BCUT2D eigenvalue weighted by Crippen LogP contribution is -2.43. The Hall–Kier alpha value is -0.610. The van der Waals surface area contributed by atoms with Crippen LogP contribution < -0.4 is 10.6 Å². The van der Waals surface area contributed by atoms with Gasteiger partial charge in [-0.15, -0.1) is 0 Å². The molecule has 0 radical (unpaired) electrons. The number of nitrogens with one attached hydrogen (secondary N) is 2. The van der Waals surface area contributed by atoms with Crippen molar-refractivity contribution in [2.24, 2.45) is 5.92 Å². The Morgan fingerprint density at radius 3 is 2.74 bits per heavy atom. The summed E-state index contributed by atoms with van der Waals surface area (Å²) in [5, 5.41) is 6.27. The Balaban J connectivity index is 1.50. The van der Waals surface area contributed by atoms with Gasteiger partial charge in [0.05, 0.1) is 12.1 Å². The number of carbonyl (C=O) groups excluding carboxylic acids is 1. The Bertz CT molecular complexity index is 277. The molecule has 1 aliphatic heterocycles. The van der Waals surface area contributed by atoms with Gasteiger partial charge >= 0.3 is 0 Å². The minimum Gasteiger partial charge on any atom is -0.378 e. The second kappa shape index (κ2) is 7.85. The monoisotopic (exact) mass is 268 g/mol. The van der Waals surface area contributed by atoms with Crippen molar-refractivity contribution in [3.05, 3.63) is 0 Å². The molecule has 2 aliphatic rings. The number of hydrogen-bond acceptors (Lipinski definition) is 3. The van der Waals surface area contributed by atoms with Crippen LogP contribution >= 0.6 is 0 Å². The van der Waals surface area contributed by atoms with Crippen LogP contribution in [0.1, 0.15) is 51.9 Å². The molecule has 4 heteroatoms. The van der Waals surface area contributed by atoms with E-state index in [0.717, 1.165) is 32.5 Å². The zero-order valence-corrected chi connectivity index (χ0v) is 12.1. The fourth-order valence-corrected chi connectivity index (χ4v) is 3.06. The highest BCUT2D eigenvalue weighted by atomic mass is 16.5. The standard InChI is InChI=1S/C15H28N2O2/c1-12-8-10-16-14(12)15(18)17-9-5-11-19-13-6-3-2-4-7-13/h12-14,16H,2-11H2,1H3,(H,17,18). The van der Waals surface area contributed by atoms with Crippen molar-refractivity contribution in [2.45, 2.75) is 64.0 Å². The van der Waals surface area contributed by atoms with Gasteiger partial charge in [0.1, 0.15) is 0 Å². The molecular formula is C15H28N2O2. The van der Waals surface area contributed by atoms with Crippen molar-refractivity contribution in [3.8, 4) is 0 Å². The normalized spacial score (nSPS) is 28.5. The Morgan fingerprint density at radius 2 is 2.05 bits per heavy atom. The van der Waals surface area contributed by atoms with E-state index in [-0.39, 0.29) is 11.9 Å². The molecule has 19 heavy (non-hydrogen) atoms. The highest BCUT2D eigenvalue weighted by Gasteiger charge is 2.28. The van der Waals surface area contributed by atoms with Crippen molar-refractivity contribution in [1.29, 1.82) is 0 Å². The van der Waals surface area contributed by atoms with E-state index < -0.39 is 0 Å². The molecule has 1 heterocycles. The minimum atomic E-state index is 0.0132. The molecule has 0 aromatic rings. The smallest absolute Gasteiger partial charge is 0.237 e. The summed E-state index contributed by atoms with van der Waals surface area (Å²) in [6, 6.07) is 0.0132. The molecule has 2 unspecified atom stereocenters. The van der Waals surface area contributed by atoms with E-state index in [1.165, 1.54) is 32.1 Å². The van der Waals surface area contributed by atoms with Crippen molar-refractivity contribution < 1.29 is 9.53 Å². The first-order valence-electron chi connectivity index (χ1n) is 7.90. The maximum Gasteiger partial charge on any atom is 0.237 e. The van der Waals surface area contributed by atoms with E-state index in [9.17, 15) is 4.79 Å². The van der Waals surface area contributed by atoms with Crippen molar-refractivity contribution >= 4 is 5.91 Å². The zero-order valence-electron chi connectivity index (χ0n) is 12.1. The molecule has 2 atom stereocenters. The van der Waals surface area contributed by atoms with Crippen LogP contribution in [0.3, 0.4) is 0 Å². The molecule has 0 bridgehead atoms. The number of rotatable bonds is 6. The Kier molecular flexibility index (Phi) is 6.11. The summed E-state index contributed by atoms with van der Waals surface area (Å²) in [4.78, 5) is 11.9. The molecule has 4 nitrogen and oxygen atoms in total. The van der Waals surface area contributed by atoms with Gasteiger partial charge in [-0.2, -0.15) is 0 Å². The van der Waals surface area contributed by atoms with Crippen LogP contribution in [0.2, 0.25) is 0 Å². The Morgan fingerprint density at radius 1 is 1.26 bits per heavy atom. The minimum absolute atomic E-state index is 0.0132. The third kappa shape index (κ3) is 4.77. The van der Waals surface area contributed by atoms with E-state index in [1.807, 2.05) is 0 Å². The predicted octanol–water partition coefficient (Wildman–Crippen LogP) is 1.84. The van der Waals surface area contributed by atoms with Crippen LogP contribution in [0.15, 0.2) is 0 Å². The molecule has 1 saturated carbocycles. The first-order chi connectivity index (χ1) is 9.27. The summed E-state index contributed by atoms with van der Waals surface area (Å²) in [5.41, 5.74) is 0. The third-order valence-corrected chi connectivity index (χ3v) is 4.34. The van der Waals surface area contributed by atoms with Gasteiger partial charge in [0.2, 0.25) is 5.91 Å². The lowest BCUT2D eigenvalue weighted by Gasteiger charge is -2.22. The largest absolute Gasteiger partial charge is 0.378 e. The van der Waals surface area contributed by atoms with Crippen LogP contribution in [0, 0.1) is 5.92 Å². The zero-order chi connectivity index (χ0) is 13.5. The first-order valence-corrected chi connectivity index (χ1v) is 7.90. The molecule has 0 aromatic carbocycles. The molecule has 1 amide bonds. The van der Waals surface area contributed by atoms with Gasteiger partial charge in [0, 0.05) is 13.2 Å². The van der Waals surface area contributed by atoms with Crippen LogP contribution in [0.4, 0.5) is 0 Å². The molecular weight excluding hydrogens is 240 g/mol. The van der Waals surface area contributed by atoms with E-state index in [2.05, 4.69) is 17.6 Å². The van der Waals surface area contributed by atoms with Gasteiger partial charge in [-0.05, 0) is 38.1 Å². The number of carbonyl (C=O) groups is 1.